The molecule has 1 heterocycles. The van der Waals surface area contributed by atoms with Crippen LogP contribution in [0.1, 0.15) is 34.9 Å². The van der Waals surface area contributed by atoms with E-state index in [1.54, 1.807) is 6.21 Å². The topological polar surface area (TPSA) is 67.9 Å². The Labute approximate surface area is 152 Å². The summed E-state index contributed by atoms with van der Waals surface area (Å²) in [6.45, 7) is 2.27. The lowest BCUT2D eigenvalue weighted by molar-refractivity contribution is 0.299. The van der Waals surface area contributed by atoms with Gasteiger partial charge < -0.3 is 14.4 Å². The minimum absolute atomic E-state index is 0.190. The number of ether oxygens (including phenoxy) is 1. The third-order valence-electron chi connectivity index (χ3n) is 4.77. The smallest absolute Gasteiger partial charge is 0.226 e. The van der Waals surface area contributed by atoms with Crippen molar-refractivity contribution >= 4 is 6.21 Å². The highest BCUT2D eigenvalue weighted by Crippen LogP contribution is 2.34. The van der Waals surface area contributed by atoms with E-state index in [4.69, 9.17) is 14.4 Å². The molecule has 0 saturated carbocycles. The van der Waals surface area contributed by atoms with E-state index in [-0.39, 0.29) is 5.92 Å². The van der Waals surface area contributed by atoms with Crippen molar-refractivity contribution in [3.05, 3.63) is 71.1 Å². The molecule has 26 heavy (non-hydrogen) atoms. The van der Waals surface area contributed by atoms with Gasteiger partial charge in [0.2, 0.25) is 5.89 Å². The number of hydrogen-bond acceptors (Lipinski definition) is 5. The summed E-state index contributed by atoms with van der Waals surface area (Å²) in [7, 11) is 0. The lowest BCUT2D eigenvalue weighted by atomic mass is 10.0. The number of oxazole rings is 1. The number of rotatable bonds is 5. The molecule has 0 saturated heterocycles. The maximum atomic E-state index is 8.76. The summed E-state index contributed by atoms with van der Waals surface area (Å²) >= 11 is 0. The Morgan fingerprint density at radius 3 is 2.92 bits per heavy atom. The first-order valence-corrected chi connectivity index (χ1v) is 8.69. The van der Waals surface area contributed by atoms with Crippen LogP contribution in [0.25, 0.3) is 11.5 Å². The van der Waals surface area contributed by atoms with Gasteiger partial charge in [-0.1, -0.05) is 24.3 Å². The van der Waals surface area contributed by atoms with E-state index in [9.17, 15) is 0 Å². The molecule has 2 aromatic carbocycles. The fourth-order valence-corrected chi connectivity index (χ4v) is 3.37. The number of nitrogens with zero attached hydrogens (tertiary/aromatic N) is 2. The normalized spacial score (nSPS) is 16.1. The molecule has 0 aliphatic heterocycles. The van der Waals surface area contributed by atoms with Crippen LogP contribution in [-0.2, 0) is 13.0 Å². The second kappa shape index (κ2) is 7.04. The van der Waals surface area contributed by atoms with Gasteiger partial charge in [0.15, 0.2) is 0 Å². The maximum absolute atomic E-state index is 8.76. The quantitative estimate of drug-likeness (QED) is 0.411. The largest absolute Gasteiger partial charge is 0.487 e. The van der Waals surface area contributed by atoms with Crippen LogP contribution in [0.4, 0.5) is 0 Å². The van der Waals surface area contributed by atoms with Crippen molar-refractivity contribution in [2.24, 2.45) is 5.16 Å². The molecule has 0 spiro atoms. The Balaban J connectivity index is 1.48. The van der Waals surface area contributed by atoms with Crippen molar-refractivity contribution in [3.63, 3.8) is 0 Å². The molecule has 5 nitrogen and oxygen atoms in total. The summed E-state index contributed by atoms with van der Waals surface area (Å²) in [6, 6.07) is 15.9. The maximum Gasteiger partial charge on any atom is 0.226 e. The fraction of sp³-hybridized carbons (Fsp3) is 0.238. The van der Waals surface area contributed by atoms with Crippen LogP contribution in [0.2, 0.25) is 0 Å². The molecule has 3 aromatic rings. The molecule has 1 atom stereocenters. The number of aryl methyl sites for hydroxylation is 2. The summed E-state index contributed by atoms with van der Waals surface area (Å²) < 4.78 is 11.7. The molecule has 1 aromatic heterocycles. The predicted octanol–water partition coefficient (Wildman–Crippen LogP) is 4.72. The van der Waals surface area contributed by atoms with Crippen LogP contribution in [0.15, 0.2) is 58.1 Å². The zero-order chi connectivity index (χ0) is 17.9. The zero-order valence-electron chi connectivity index (χ0n) is 14.6. The van der Waals surface area contributed by atoms with Gasteiger partial charge in [-0.15, -0.1) is 5.16 Å². The monoisotopic (exact) mass is 348 g/mol. The summed E-state index contributed by atoms with van der Waals surface area (Å²) in [5.41, 5.74) is 4.21. The number of benzene rings is 2. The van der Waals surface area contributed by atoms with Crippen molar-refractivity contribution < 1.29 is 14.4 Å². The second-order valence-corrected chi connectivity index (χ2v) is 6.45. The van der Waals surface area contributed by atoms with Gasteiger partial charge in [0.25, 0.3) is 0 Å². The zero-order valence-corrected chi connectivity index (χ0v) is 14.6. The van der Waals surface area contributed by atoms with Gasteiger partial charge in [-0.2, -0.15) is 0 Å². The number of oxime groups is 1. The Kier molecular flexibility index (Phi) is 4.44. The SMILES string of the molecule is Cc1oc(-c2ccccc2)nc1COc1ccc2c(c1)CCC2/C=N/O. The van der Waals surface area contributed by atoms with Gasteiger partial charge in [0, 0.05) is 11.5 Å². The van der Waals surface area contributed by atoms with E-state index < -0.39 is 0 Å². The van der Waals surface area contributed by atoms with Gasteiger partial charge in [0.1, 0.15) is 23.8 Å². The fourth-order valence-electron chi connectivity index (χ4n) is 3.37. The van der Waals surface area contributed by atoms with E-state index in [1.807, 2.05) is 43.3 Å². The van der Waals surface area contributed by atoms with E-state index in [0.29, 0.717) is 12.5 Å². The second-order valence-electron chi connectivity index (χ2n) is 6.45. The van der Waals surface area contributed by atoms with Crippen molar-refractivity contribution in [2.45, 2.75) is 32.3 Å². The van der Waals surface area contributed by atoms with Crippen molar-refractivity contribution in [3.8, 4) is 17.2 Å². The molecule has 1 aliphatic carbocycles. The Hall–Kier alpha value is -3.08. The minimum atomic E-state index is 0.190. The highest BCUT2D eigenvalue weighted by Gasteiger charge is 2.21. The molecule has 0 bridgehead atoms. The molecule has 0 radical (unpaired) electrons. The highest BCUT2D eigenvalue weighted by molar-refractivity contribution is 5.70. The molecule has 4 rings (SSSR count). The molecule has 0 amide bonds. The average molecular weight is 348 g/mol. The first kappa shape index (κ1) is 16.4. The lowest BCUT2D eigenvalue weighted by Crippen LogP contribution is -1.99. The lowest BCUT2D eigenvalue weighted by Gasteiger charge is -2.08. The van der Waals surface area contributed by atoms with Gasteiger partial charge in [-0.3, -0.25) is 0 Å². The Morgan fingerprint density at radius 2 is 2.12 bits per heavy atom. The van der Waals surface area contributed by atoms with E-state index in [0.717, 1.165) is 35.6 Å². The van der Waals surface area contributed by atoms with Crippen molar-refractivity contribution in [1.29, 1.82) is 0 Å². The predicted molar refractivity (Wildman–Crippen MR) is 98.8 cm³/mol. The number of aromatic nitrogens is 1. The van der Waals surface area contributed by atoms with Gasteiger partial charge in [-0.25, -0.2) is 4.98 Å². The highest BCUT2D eigenvalue weighted by atomic mass is 16.5. The number of hydrogen-bond donors (Lipinski definition) is 1. The van der Waals surface area contributed by atoms with Gasteiger partial charge in [-0.05, 0) is 55.2 Å². The third-order valence-corrected chi connectivity index (χ3v) is 4.77. The molecular weight excluding hydrogens is 328 g/mol. The number of fused-ring (bicyclic) bond motifs is 1. The first-order valence-electron chi connectivity index (χ1n) is 8.69. The van der Waals surface area contributed by atoms with Crippen molar-refractivity contribution in [2.75, 3.05) is 0 Å². The third kappa shape index (κ3) is 3.20. The van der Waals surface area contributed by atoms with Crippen LogP contribution in [0, 0.1) is 6.92 Å². The molecule has 1 aliphatic rings. The van der Waals surface area contributed by atoms with E-state index in [1.165, 1.54) is 11.1 Å². The molecule has 0 fully saturated rings. The Bertz CT molecular complexity index is 932. The first-order chi connectivity index (χ1) is 12.7. The molecule has 5 heteroatoms. The van der Waals surface area contributed by atoms with Crippen LogP contribution >= 0.6 is 0 Å². The van der Waals surface area contributed by atoms with Crippen LogP contribution in [0.5, 0.6) is 5.75 Å². The van der Waals surface area contributed by atoms with Gasteiger partial charge >= 0.3 is 0 Å². The summed E-state index contributed by atoms with van der Waals surface area (Å²) in [5.74, 6) is 2.38. The minimum Gasteiger partial charge on any atom is -0.487 e. The van der Waals surface area contributed by atoms with E-state index in [2.05, 4.69) is 22.3 Å². The summed E-state index contributed by atoms with van der Waals surface area (Å²) in [5, 5.41) is 11.9. The van der Waals surface area contributed by atoms with Crippen LogP contribution in [0.3, 0.4) is 0 Å². The molecular formula is C21H20N2O3. The Morgan fingerprint density at radius 1 is 1.27 bits per heavy atom. The van der Waals surface area contributed by atoms with Crippen LogP contribution < -0.4 is 4.74 Å². The van der Waals surface area contributed by atoms with E-state index >= 15 is 0 Å². The van der Waals surface area contributed by atoms with Crippen LogP contribution in [-0.4, -0.2) is 16.4 Å². The van der Waals surface area contributed by atoms with Crippen molar-refractivity contribution in [1.82, 2.24) is 4.98 Å². The molecule has 132 valence electrons. The summed E-state index contributed by atoms with van der Waals surface area (Å²) in [6.07, 6.45) is 3.52. The molecule has 1 N–H and O–H groups in total. The average Bonchev–Trinajstić information content (AvgIpc) is 3.24. The molecule has 1 unspecified atom stereocenters. The standard InChI is InChI=1S/C21H20N2O3/c1-14-20(23-21(26-14)15-5-3-2-4-6-15)13-25-18-9-10-19-16(11-18)7-8-17(19)12-22-24/h2-6,9-12,17,24H,7-8,13H2,1H3/b22-12+. The summed E-state index contributed by atoms with van der Waals surface area (Å²) in [4.78, 5) is 4.57. The van der Waals surface area contributed by atoms with Gasteiger partial charge in [0.05, 0.1) is 6.21 Å².